The standard InChI is InChI=1S/C30H38F3NO3/c1-2-19-7-11-25(12-8-19)37-27-13-10-21-9-6-20(16-26(21)28(27)30(31,32)33)14-15-34-23-4-3-5-24(34)18-22(17-23)29(35)36/h6,9-10,13,16,19,22-25H,2-5,7-8,11-12,14-15,17-18H2,1H3,(H,35,36)/t19-,22?,23-,24?,25+/m1/s1. The van der Waals surface area contributed by atoms with E-state index in [4.69, 9.17) is 4.74 Å². The van der Waals surface area contributed by atoms with Gasteiger partial charge in [0, 0.05) is 18.6 Å². The van der Waals surface area contributed by atoms with E-state index in [2.05, 4.69) is 11.8 Å². The molecule has 0 aromatic heterocycles. The number of halogens is 3. The van der Waals surface area contributed by atoms with Gasteiger partial charge in [0.1, 0.15) is 11.3 Å². The molecule has 3 fully saturated rings. The maximum Gasteiger partial charge on any atom is 0.420 e. The van der Waals surface area contributed by atoms with E-state index >= 15 is 0 Å². The van der Waals surface area contributed by atoms with Crippen molar-refractivity contribution in [3.8, 4) is 5.75 Å². The molecule has 4 nitrogen and oxygen atoms in total. The Morgan fingerprint density at radius 1 is 1.03 bits per heavy atom. The van der Waals surface area contributed by atoms with Crippen molar-refractivity contribution < 1.29 is 27.8 Å². The summed E-state index contributed by atoms with van der Waals surface area (Å²) in [5.74, 6) is -0.392. The number of carbonyl (C=O) groups is 1. The van der Waals surface area contributed by atoms with E-state index in [0.29, 0.717) is 30.6 Å². The molecule has 3 aliphatic rings. The van der Waals surface area contributed by atoms with Crippen LogP contribution < -0.4 is 4.74 Å². The minimum atomic E-state index is -4.51. The lowest BCUT2D eigenvalue weighted by Gasteiger charge is -2.48. The molecule has 1 aliphatic carbocycles. The molecule has 202 valence electrons. The number of fused-ring (bicyclic) bond motifs is 3. The second-order valence-electron chi connectivity index (χ2n) is 11.4. The predicted octanol–water partition coefficient (Wildman–Crippen LogP) is 7.47. The van der Waals surface area contributed by atoms with Gasteiger partial charge in [0.25, 0.3) is 0 Å². The van der Waals surface area contributed by atoms with Crippen molar-refractivity contribution in [1.82, 2.24) is 4.90 Å². The van der Waals surface area contributed by atoms with Gasteiger partial charge in [0.05, 0.1) is 12.0 Å². The van der Waals surface area contributed by atoms with Crippen LogP contribution in [-0.2, 0) is 17.4 Å². The van der Waals surface area contributed by atoms with Crippen molar-refractivity contribution in [1.29, 1.82) is 0 Å². The van der Waals surface area contributed by atoms with Crippen molar-refractivity contribution >= 4 is 16.7 Å². The smallest absolute Gasteiger partial charge is 0.420 e. The highest BCUT2D eigenvalue weighted by atomic mass is 19.4. The molecule has 0 amide bonds. The van der Waals surface area contributed by atoms with E-state index in [1.807, 2.05) is 6.07 Å². The molecule has 1 saturated carbocycles. The summed E-state index contributed by atoms with van der Waals surface area (Å²) in [6, 6.07) is 9.14. The van der Waals surface area contributed by atoms with Gasteiger partial charge in [0.15, 0.2) is 0 Å². The maximum absolute atomic E-state index is 14.4. The first-order chi connectivity index (χ1) is 17.7. The van der Waals surface area contributed by atoms with Crippen molar-refractivity contribution in [3.05, 3.63) is 41.5 Å². The Hall–Kier alpha value is -2.28. The Labute approximate surface area is 217 Å². The van der Waals surface area contributed by atoms with E-state index in [9.17, 15) is 23.1 Å². The van der Waals surface area contributed by atoms with Crippen LogP contribution in [0.25, 0.3) is 10.8 Å². The third kappa shape index (κ3) is 5.76. The lowest BCUT2D eigenvalue weighted by molar-refractivity contribution is -0.146. The maximum atomic E-state index is 14.4. The van der Waals surface area contributed by atoms with Gasteiger partial charge in [-0.15, -0.1) is 0 Å². The van der Waals surface area contributed by atoms with Gasteiger partial charge in [0.2, 0.25) is 0 Å². The van der Waals surface area contributed by atoms with Crippen LogP contribution in [0, 0.1) is 11.8 Å². The molecule has 7 heteroatoms. The van der Waals surface area contributed by atoms with E-state index < -0.39 is 17.7 Å². The first kappa shape index (κ1) is 26.3. The lowest BCUT2D eigenvalue weighted by Crippen LogP contribution is -2.53. The normalized spacial score (nSPS) is 28.8. The number of benzene rings is 2. The topological polar surface area (TPSA) is 49.8 Å². The van der Waals surface area contributed by atoms with Crippen LogP contribution in [0.5, 0.6) is 5.75 Å². The zero-order valence-corrected chi connectivity index (χ0v) is 21.6. The molecule has 2 bridgehead atoms. The fourth-order valence-corrected chi connectivity index (χ4v) is 7.03. The average molecular weight is 518 g/mol. The highest BCUT2D eigenvalue weighted by molar-refractivity contribution is 5.89. The number of hydrogen-bond acceptors (Lipinski definition) is 3. The average Bonchev–Trinajstić information content (AvgIpc) is 2.86. The van der Waals surface area contributed by atoms with Crippen LogP contribution in [0.4, 0.5) is 13.2 Å². The Balaban J connectivity index is 1.35. The molecule has 0 radical (unpaired) electrons. The number of aliphatic carboxylic acids is 1. The number of alkyl halides is 3. The fraction of sp³-hybridized carbons (Fsp3) is 0.633. The minimum Gasteiger partial charge on any atom is -0.490 e. The number of ether oxygens (including phenoxy) is 1. The summed E-state index contributed by atoms with van der Waals surface area (Å²) in [6.45, 7) is 2.91. The summed E-state index contributed by atoms with van der Waals surface area (Å²) in [4.78, 5) is 14.0. The number of nitrogens with zero attached hydrogens (tertiary/aromatic N) is 1. The molecule has 2 heterocycles. The summed E-state index contributed by atoms with van der Waals surface area (Å²) in [7, 11) is 0. The number of hydrogen-bond donors (Lipinski definition) is 1. The Kier molecular flexibility index (Phi) is 7.71. The SMILES string of the molecule is CC[C@H]1CC[C@@H](Oc2ccc3ccc(CCN4C5CCC[C@@H]4CC(C(=O)O)C5)cc3c2C(F)(F)F)CC1. The monoisotopic (exact) mass is 517 g/mol. The molecule has 2 unspecified atom stereocenters. The quantitative estimate of drug-likeness (QED) is 0.414. The predicted molar refractivity (Wildman–Crippen MR) is 138 cm³/mol. The van der Waals surface area contributed by atoms with E-state index in [1.165, 1.54) is 6.07 Å². The fourth-order valence-electron chi connectivity index (χ4n) is 7.03. The van der Waals surface area contributed by atoms with Crippen LogP contribution in [0.15, 0.2) is 30.3 Å². The number of carboxylic acid groups (broad SMARTS) is 1. The highest BCUT2D eigenvalue weighted by Crippen LogP contribution is 2.43. The number of carboxylic acids is 1. The van der Waals surface area contributed by atoms with Crippen LogP contribution >= 0.6 is 0 Å². The van der Waals surface area contributed by atoms with Crippen molar-refractivity contribution in [2.75, 3.05) is 6.54 Å². The molecule has 37 heavy (non-hydrogen) atoms. The Morgan fingerprint density at radius 2 is 1.70 bits per heavy atom. The molecule has 2 saturated heterocycles. The molecule has 5 rings (SSSR count). The molecule has 2 aromatic rings. The number of rotatable bonds is 7. The first-order valence-electron chi connectivity index (χ1n) is 14.0. The zero-order valence-electron chi connectivity index (χ0n) is 21.6. The largest absolute Gasteiger partial charge is 0.490 e. The van der Waals surface area contributed by atoms with E-state index in [-0.39, 0.29) is 35.2 Å². The van der Waals surface area contributed by atoms with E-state index in [1.54, 1.807) is 18.2 Å². The third-order valence-corrected chi connectivity index (χ3v) is 9.13. The second-order valence-corrected chi connectivity index (χ2v) is 11.4. The lowest BCUT2D eigenvalue weighted by atomic mass is 9.78. The summed E-state index contributed by atoms with van der Waals surface area (Å²) < 4.78 is 49.1. The third-order valence-electron chi connectivity index (χ3n) is 9.13. The summed E-state index contributed by atoms with van der Waals surface area (Å²) in [5.41, 5.74) is 0.209. The summed E-state index contributed by atoms with van der Waals surface area (Å²) in [5, 5.41) is 10.3. The molecule has 2 aromatic carbocycles. The second kappa shape index (κ2) is 10.8. The molecule has 0 spiro atoms. The van der Waals surface area contributed by atoms with Crippen molar-refractivity contribution in [3.63, 3.8) is 0 Å². The Bertz CT molecular complexity index is 1100. The summed E-state index contributed by atoms with van der Waals surface area (Å²) >= 11 is 0. The summed E-state index contributed by atoms with van der Waals surface area (Å²) in [6.07, 6.45) is 5.14. The first-order valence-corrected chi connectivity index (χ1v) is 14.0. The van der Waals surface area contributed by atoms with E-state index in [0.717, 1.165) is 63.5 Å². The molecular weight excluding hydrogens is 479 g/mol. The minimum absolute atomic E-state index is 0.0534. The molecule has 2 aliphatic heterocycles. The van der Waals surface area contributed by atoms with Gasteiger partial charge < -0.3 is 9.84 Å². The van der Waals surface area contributed by atoms with Gasteiger partial charge in [-0.3, -0.25) is 9.69 Å². The van der Waals surface area contributed by atoms with Gasteiger partial charge in [-0.25, -0.2) is 0 Å². The Morgan fingerprint density at radius 3 is 2.32 bits per heavy atom. The van der Waals surface area contributed by atoms with Gasteiger partial charge in [-0.1, -0.05) is 44.0 Å². The van der Waals surface area contributed by atoms with Gasteiger partial charge in [-0.05, 0) is 86.1 Å². The molecule has 1 N–H and O–H groups in total. The molecule has 3 atom stereocenters. The van der Waals surface area contributed by atoms with Crippen LogP contribution in [-0.4, -0.2) is 40.7 Å². The van der Waals surface area contributed by atoms with Crippen LogP contribution in [0.3, 0.4) is 0 Å². The molecular formula is C30H38F3NO3. The zero-order chi connectivity index (χ0) is 26.2. The van der Waals surface area contributed by atoms with Gasteiger partial charge >= 0.3 is 12.1 Å². The van der Waals surface area contributed by atoms with Crippen molar-refractivity contribution in [2.24, 2.45) is 11.8 Å². The van der Waals surface area contributed by atoms with Crippen LogP contribution in [0.2, 0.25) is 0 Å². The van der Waals surface area contributed by atoms with Gasteiger partial charge in [-0.2, -0.15) is 13.2 Å². The highest BCUT2D eigenvalue weighted by Gasteiger charge is 2.41. The van der Waals surface area contributed by atoms with Crippen LogP contribution in [0.1, 0.15) is 82.3 Å². The van der Waals surface area contributed by atoms with Crippen molar-refractivity contribution in [2.45, 2.75) is 102 Å². The number of piperidine rings is 2.